The van der Waals surface area contributed by atoms with E-state index in [0.717, 1.165) is 34.2 Å². The number of carbonyl (C=O) groups is 1. The Hall–Kier alpha value is -2.86. The van der Waals surface area contributed by atoms with Gasteiger partial charge < -0.3 is 14.8 Å². The Kier molecular flexibility index (Phi) is 6.10. The van der Waals surface area contributed by atoms with Gasteiger partial charge in [0.05, 0.1) is 25.3 Å². The predicted molar refractivity (Wildman–Crippen MR) is 115 cm³/mol. The number of rotatable bonds is 7. The second kappa shape index (κ2) is 9.09. The molecule has 2 heterocycles. The van der Waals surface area contributed by atoms with Crippen LogP contribution in [0.25, 0.3) is 10.6 Å². The highest BCUT2D eigenvalue weighted by molar-refractivity contribution is 7.13. The topological polar surface area (TPSA) is 60.5 Å². The van der Waals surface area contributed by atoms with Gasteiger partial charge in [0.2, 0.25) is 5.91 Å². The molecule has 2 aromatic carbocycles. The maximum atomic E-state index is 12.4. The number of nitrogens with one attached hydrogen (secondary N) is 1. The van der Waals surface area contributed by atoms with Crippen molar-refractivity contribution in [3.63, 3.8) is 0 Å². The quantitative estimate of drug-likeness (QED) is 0.639. The first-order valence-electron chi connectivity index (χ1n) is 9.86. The van der Waals surface area contributed by atoms with Crippen molar-refractivity contribution in [3.8, 4) is 22.1 Å². The summed E-state index contributed by atoms with van der Waals surface area (Å²) in [6, 6.07) is 16.0. The van der Waals surface area contributed by atoms with E-state index in [0.29, 0.717) is 25.7 Å². The van der Waals surface area contributed by atoms with E-state index in [1.54, 1.807) is 11.3 Å². The predicted octanol–water partition coefficient (Wildman–Crippen LogP) is 4.12. The molecule has 1 unspecified atom stereocenters. The zero-order valence-corrected chi connectivity index (χ0v) is 17.2. The molecule has 29 heavy (non-hydrogen) atoms. The van der Waals surface area contributed by atoms with E-state index in [4.69, 9.17) is 9.47 Å². The summed E-state index contributed by atoms with van der Waals surface area (Å²) in [7, 11) is 0. The monoisotopic (exact) mass is 408 g/mol. The lowest BCUT2D eigenvalue weighted by atomic mass is 9.97. The second-order valence-corrected chi connectivity index (χ2v) is 7.93. The number of nitrogens with zero attached hydrogens (tertiary/aromatic N) is 1. The molecule has 150 valence electrons. The maximum Gasteiger partial charge on any atom is 0.226 e. The number of para-hydroxylation sites is 1. The average Bonchev–Trinajstić information content (AvgIpc) is 3.21. The van der Waals surface area contributed by atoms with Gasteiger partial charge in [-0.25, -0.2) is 4.98 Å². The van der Waals surface area contributed by atoms with Gasteiger partial charge in [0, 0.05) is 23.4 Å². The number of thiazole rings is 1. The minimum atomic E-state index is -0.00703. The van der Waals surface area contributed by atoms with Crippen molar-refractivity contribution in [2.75, 3.05) is 19.8 Å². The van der Waals surface area contributed by atoms with Gasteiger partial charge in [0.15, 0.2) is 0 Å². The summed E-state index contributed by atoms with van der Waals surface area (Å²) in [6.45, 7) is 3.86. The zero-order chi connectivity index (χ0) is 20.1. The largest absolute Gasteiger partial charge is 0.494 e. The van der Waals surface area contributed by atoms with Gasteiger partial charge in [-0.05, 0) is 49.2 Å². The molecular weight excluding hydrogens is 384 g/mol. The molecule has 4 rings (SSSR count). The number of amides is 1. The zero-order valence-electron chi connectivity index (χ0n) is 16.4. The number of ether oxygens (including phenoxy) is 2. The smallest absolute Gasteiger partial charge is 0.226 e. The number of carbonyl (C=O) groups excluding carboxylic acids is 1. The van der Waals surface area contributed by atoms with Crippen molar-refractivity contribution in [1.82, 2.24) is 10.3 Å². The Bertz CT molecular complexity index is 968. The fourth-order valence-electron chi connectivity index (χ4n) is 3.39. The lowest BCUT2D eigenvalue weighted by molar-refractivity contribution is -0.120. The third-order valence-electron chi connectivity index (χ3n) is 4.85. The first-order valence-corrected chi connectivity index (χ1v) is 10.7. The highest BCUT2D eigenvalue weighted by Gasteiger charge is 2.20. The van der Waals surface area contributed by atoms with Crippen LogP contribution in [0.15, 0.2) is 53.9 Å². The number of benzene rings is 2. The molecule has 0 aliphatic carbocycles. The highest BCUT2D eigenvalue weighted by atomic mass is 32.1. The summed E-state index contributed by atoms with van der Waals surface area (Å²) in [5.41, 5.74) is 3.03. The molecule has 0 bridgehead atoms. The SMILES string of the molecule is CCOc1ccc(-c2nc(CC(=O)NCC3COc4ccccc4C3)cs2)cc1. The van der Waals surface area contributed by atoms with Crippen molar-refractivity contribution < 1.29 is 14.3 Å². The van der Waals surface area contributed by atoms with E-state index in [1.165, 1.54) is 5.56 Å². The molecule has 5 nitrogen and oxygen atoms in total. The molecule has 0 saturated heterocycles. The normalized spacial score (nSPS) is 15.3. The Labute approximate surface area is 174 Å². The van der Waals surface area contributed by atoms with E-state index in [9.17, 15) is 4.79 Å². The van der Waals surface area contributed by atoms with Crippen LogP contribution in [0.4, 0.5) is 0 Å². The van der Waals surface area contributed by atoms with Crippen LogP contribution in [-0.2, 0) is 17.6 Å². The Morgan fingerprint density at radius 1 is 1.24 bits per heavy atom. The van der Waals surface area contributed by atoms with Crippen molar-refractivity contribution in [2.24, 2.45) is 5.92 Å². The molecule has 6 heteroatoms. The Morgan fingerprint density at radius 2 is 2.07 bits per heavy atom. The third-order valence-corrected chi connectivity index (χ3v) is 5.79. The van der Waals surface area contributed by atoms with Gasteiger partial charge in [0.25, 0.3) is 0 Å². The molecule has 1 N–H and O–H groups in total. The van der Waals surface area contributed by atoms with Gasteiger partial charge in [-0.1, -0.05) is 18.2 Å². The van der Waals surface area contributed by atoms with Crippen LogP contribution in [0.5, 0.6) is 11.5 Å². The summed E-state index contributed by atoms with van der Waals surface area (Å²) < 4.78 is 11.3. The fraction of sp³-hybridized carbons (Fsp3) is 0.304. The van der Waals surface area contributed by atoms with E-state index < -0.39 is 0 Å². The van der Waals surface area contributed by atoms with Gasteiger partial charge in [0.1, 0.15) is 16.5 Å². The van der Waals surface area contributed by atoms with Crippen LogP contribution in [0.3, 0.4) is 0 Å². The summed E-state index contributed by atoms with van der Waals surface area (Å²) in [5.74, 6) is 2.09. The van der Waals surface area contributed by atoms with Crippen molar-refractivity contribution in [3.05, 3.63) is 65.2 Å². The van der Waals surface area contributed by atoms with E-state index in [2.05, 4.69) is 16.4 Å². The summed E-state index contributed by atoms with van der Waals surface area (Å²) >= 11 is 1.55. The molecule has 0 saturated carbocycles. The van der Waals surface area contributed by atoms with Gasteiger partial charge >= 0.3 is 0 Å². The molecular formula is C23H24N2O3S. The molecule has 3 aromatic rings. The van der Waals surface area contributed by atoms with Crippen molar-refractivity contribution >= 4 is 17.2 Å². The summed E-state index contributed by atoms with van der Waals surface area (Å²) in [5, 5.41) is 5.89. The maximum absolute atomic E-state index is 12.4. The van der Waals surface area contributed by atoms with Gasteiger partial charge in [-0.2, -0.15) is 0 Å². The molecule has 1 amide bonds. The van der Waals surface area contributed by atoms with E-state index in [1.807, 2.05) is 54.8 Å². The average molecular weight is 409 g/mol. The van der Waals surface area contributed by atoms with Crippen molar-refractivity contribution in [1.29, 1.82) is 0 Å². The number of hydrogen-bond acceptors (Lipinski definition) is 5. The fourth-order valence-corrected chi connectivity index (χ4v) is 4.21. The van der Waals surface area contributed by atoms with Gasteiger partial charge in [-0.3, -0.25) is 4.79 Å². The molecule has 1 aliphatic rings. The van der Waals surface area contributed by atoms with Crippen LogP contribution in [-0.4, -0.2) is 30.6 Å². The standard InChI is InChI=1S/C23H24N2O3S/c1-2-27-20-9-7-17(8-10-20)23-25-19(15-29-23)12-22(26)24-13-16-11-18-5-3-4-6-21(18)28-14-16/h3-10,15-16H,2,11-14H2,1H3,(H,24,26). The second-order valence-electron chi connectivity index (χ2n) is 7.07. The minimum absolute atomic E-state index is 0.00703. The lowest BCUT2D eigenvalue weighted by Gasteiger charge is -2.25. The van der Waals surface area contributed by atoms with Gasteiger partial charge in [-0.15, -0.1) is 11.3 Å². The molecule has 0 radical (unpaired) electrons. The molecule has 0 spiro atoms. The summed E-state index contributed by atoms with van der Waals surface area (Å²) in [6.07, 6.45) is 1.22. The molecule has 1 atom stereocenters. The number of hydrogen-bond donors (Lipinski definition) is 1. The highest BCUT2D eigenvalue weighted by Crippen LogP contribution is 2.27. The van der Waals surface area contributed by atoms with Crippen LogP contribution < -0.4 is 14.8 Å². The molecule has 1 aliphatic heterocycles. The third kappa shape index (κ3) is 4.95. The number of fused-ring (bicyclic) bond motifs is 1. The first kappa shape index (κ1) is 19.5. The molecule has 0 fully saturated rings. The van der Waals surface area contributed by atoms with E-state index in [-0.39, 0.29) is 12.3 Å². The van der Waals surface area contributed by atoms with Crippen LogP contribution in [0, 0.1) is 5.92 Å². The number of aromatic nitrogens is 1. The first-order chi connectivity index (χ1) is 14.2. The van der Waals surface area contributed by atoms with Crippen LogP contribution in [0.2, 0.25) is 0 Å². The summed E-state index contributed by atoms with van der Waals surface area (Å²) in [4.78, 5) is 17.0. The Balaban J connectivity index is 1.28. The van der Waals surface area contributed by atoms with E-state index >= 15 is 0 Å². The lowest BCUT2D eigenvalue weighted by Crippen LogP contribution is -2.35. The van der Waals surface area contributed by atoms with Crippen molar-refractivity contribution in [2.45, 2.75) is 19.8 Å². The molecule has 1 aromatic heterocycles. The minimum Gasteiger partial charge on any atom is -0.494 e. The Morgan fingerprint density at radius 3 is 2.90 bits per heavy atom. The van der Waals surface area contributed by atoms with Crippen LogP contribution in [0.1, 0.15) is 18.2 Å². The van der Waals surface area contributed by atoms with Crippen LogP contribution >= 0.6 is 11.3 Å².